The summed E-state index contributed by atoms with van der Waals surface area (Å²) in [6.45, 7) is 6.25. The van der Waals surface area contributed by atoms with Crippen LogP contribution in [-0.2, 0) is 4.79 Å². The number of allylic oxidation sites excluding steroid dienone is 3. The lowest BCUT2D eigenvalue weighted by molar-refractivity contribution is -0.118. The van der Waals surface area contributed by atoms with Gasteiger partial charge in [-0.2, -0.15) is 5.26 Å². The minimum atomic E-state index is -0.468. The number of halogens is 2. The van der Waals surface area contributed by atoms with Crippen LogP contribution in [0.15, 0.2) is 56.5 Å². The molecule has 1 aromatic heterocycles. The van der Waals surface area contributed by atoms with Crippen LogP contribution in [0.5, 0.6) is 0 Å². The summed E-state index contributed by atoms with van der Waals surface area (Å²) in [4.78, 5) is 15.4. The summed E-state index contributed by atoms with van der Waals surface area (Å²) in [5.41, 5.74) is 9.93. The van der Waals surface area contributed by atoms with Gasteiger partial charge in [-0.25, -0.2) is 0 Å². The molecule has 0 fully saturated rings. The van der Waals surface area contributed by atoms with E-state index in [1.807, 2.05) is 11.4 Å². The Hall–Kier alpha value is -1.91. The van der Waals surface area contributed by atoms with Crippen molar-refractivity contribution in [3.8, 4) is 6.07 Å². The lowest BCUT2D eigenvalue weighted by atomic mass is 9.69. The number of nitrogens with two attached hydrogens (primary N) is 1. The summed E-state index contributed by atoms with van der Waals surface area (Å²) in [5.74, 6) is 0.809. The van der Waals surface area contributed by atoms with E-state index in [0.29, 0.717) is 45.5 Å². The van der Waals surface area contributed by atoms with Gasteiger partial charge in [0.1, 0.15) is 5.82 Å². The minimum absolute atomic E-state index is 0.0540. The van der Waals surface area contributed by atoms with Crippen LogP contribution in [-0.4, -0.2) is 11.5 Å². The molecule has 0 saturated carbocycles. The number of carbonyl (C=O) groups is 1. The molecule has 2 N–H and O–H groups in total. The second kappa shape index (κ2) is 8.79. The third-order valence-corrected chi connectivity index (χ3v) is 8.32. The van der Waals surface area contributed by atoms with Gasteiger partial charge in [0, 0.05) is 27.7 Å². The number of Topliss-reactive ketones (excluding diaryl/α,β-unsaturated/α-hetero) is 1. The molecule has 0 bridgehead atoms. The van der Waals surface area contributed by atoms with Gasteiger partial charge in [-0.3, -0.25) is 9.69 Å². The summed E-state index contributed by atoms with van der Waals surface area (Å²) < 4.78 is 1.11. The Bertz CT molecular complexity index is 1190. The van der Waals surface area contributed by atoms with E-state index in [-0.39, 0.29) is 11.2 Å². The van der Waals surface area contributed by atoms with E-state index in [1.54, 1.807) is 46.2 Å². The predicted octanol–water partition coefficient (Wildman–Crippen LogP) is 7.11. The van der Waals surface area contributed by atoms with Gasteiger partial charge in [0.15, 0.2) is 5.78 Å². The normalized spacial score (nSPS) is 20.4. The van der Waals surface area contributed by atoms with E-state index in [9.17, 15) is 10.1 Å². The van der Waals surface area contributed by atoms with Crippen molar-refractivity contribution in [1.82, 2.24) is 0 Å². The summed E-state index contributed by atoms with van der Waals surface area (Å²) in [6, 6.07) is 9.50. The second-order valence-electron chi connectivity index (χ2n) is 8.70. The minimum Gasteiger partial charge on any atom is -0.384 e. The number of ketones is 1. The highest BCUT2D eigenvalue weighted by atomic mass is 35.5. The first-order chi connectivity index (χ1) is 15.2. The molecule has 0 spiro atoms. The molecule has 2 aliphatic rings. The van der Waals surface area contributed by atoms with E-state index in [1.165, 1.54) is 0 Å². The number of nitriles is 1. The zero-order valence-electron chi connectivity index (χ0n) is 18.0. The van der Waals surface area contributed by atoms with Crippen LogP contribution in [0.3, 0.4) is 0 Å². The SMILES string of the molecule is CCSc1sccc1[C@@H]1C(C#N)=C(N)N(c2cc(Cl)cc(Cl)c2)C2=C1C(=O)CC(C)(C)C2. The first kappa shape index (κ1) is 23.3. The molecule has 32 heavy (non-hydrogen) atoms. The van der Waals surface area contributed by atoms with Crippen molar-refractivity contribution in [2.75, 3.05) is 10.7 Å². The smallest absolute Gasteiger partial charge is 0.162 e. The van der Waals surface area contributed by atoms with Gasteiger partial charge in [0.25, 0.3) is 0 Å². The number of rotatable bonds is 4. The van der Waals surface area contributed by atoms with Crippen LogP contribution >= 0.6 is 46.3 Å². The van der Waals surface area contributed by atoms with Gasteiger partial charge >= 0.3 is 0 Å². The van der Waals surface area contributed by atoms with Crippen molar-refractivity contribution in [3.63, 3.8) is 0 Å². The number of carbonyl (C=O) groups excluding carboxylic acids is 1. The third-order valence-electron chi connectivity index (χ3n) is 5.73. The van der Waals surface area contributed by atoms with E-state index in [4.69, 9.17) is 28.9 Å². The standard InChI is InChI=1S/C24H23Cl2N3OS2/c1-4-31-23-16(5-6-32-23)20-17(12-27)22(28)29(15-8-13(25)7-14(26)9-15)18-10-24(2,3)11-19(30)21(18)20/h5-9,20H,4,10-11,28H2,1-3H3/t20-/m1/s1. The Morgan fingerprint density at radius 2 is 1.97 bits per heavy atom. The molecule has 1 aromatic carbocycles. The van der Waals surface area contributed by atoms with Gasteiger partial charge < -0.3 is 5.73 Å². The summed E-state index contributed by atoms with van der Waals surface area (Å²) in [7, 11) is 0. The fourth-order valence-electron chi connectivity index (χ4n) is 4.55. The van der Waals surface area contributed by atoms with Crippen LogP contribution < -0.4 is 10.6 Å². The van der Waals surface area contributed by atoms with Gasteiger partial charge in [-0.15, -0.1) is 23.1 Å². The number of anilines is 1. The van der Waals surface area contributed by atoms with Crippen molar-refractivity contribution in [1.29, 1.82) is 5.26 Å². The van der Waals surface area contributed by atoms with Gasteiger partial charge in [-0.05, 0) is 52.8 Å². The molecule has 4 rings (SSSR count). The maximum absolute atomic E-state index is 13.6. The molecule has 1 atom stereocenters. The maximum atomic E-state index is 13.6. The molecule has 0 radical (unpaired) electrons. The van der Waals surface area contributed by atoms with Crippen molar-refractivity contribution in [3.05, 3.63) is 67.9 Å². The molecular formula is C24H23Cl2N3OS2. The number of benzene rings is 1. The molecule has 1 aliphatic heterocycles. The topological polar surface area (TPSA) is 70.1 Å². The summed E-state index contributed by atoms with van der Waals surface area (Å²) in [5, 5.41) is 13.1. The highest BCUT2D eigenvalue weighted by Crippen LogP contribution is 2.52. The highest BCUT2D eigenvalue weighted by Gasteiger charge is 2.45. The molecule has 2 aromatic rings. The molecule has 4 nitrogen and oxygen atoms in total. The molecule has 1 aliphatic carbocycles. The first-order valence-electron chi connectivity index (χ1n) is 10.3. The zero-order chi connectivity index (χ0) is 23.2. The van der Waals surface area contributed by atoms with Gasteiger partial charge in [0.2, 0.25) is 0 Å². The first-order valence-corrected chi connectivity index (χ1v) is 12.9. The Kier molecular flexibility index (Phi) is 6.39. The number of hydrogen-bond donors (Lipinski definition) is 1. The fraction of sp³-hybridized carbons (Fsp3) is 0.333. The number of thioether (sulfide) groups is 1. The monoisotopic (exact) mass is 503 g/mol. The van der Waals surface area contributed by atoms with Gasteiger partial charge in [0.05, 0.1) is 27.5 Å². The second-order valence-corrected chi connectivity index (χ2v) is 12.0. The van der Waals surface area contributed by atoms with Crippen LogP contribution in [0.25, 0.3) is 0 Å². The lowest BCUT2D eigenvalue weighted by Crippen LogP contribution is -2.42. The fourth-order valence-corrected chi connectivity index (χ4v) is 7.13. The van der Waals surface area contributed by atoms with Crippen molar-refractivity contribution in [2.45, 2.75) is 43.7 Å². The maximum Gasteiger partial charge on any atom is 0.162 e. The predicted molar refractivity (Wildman–Crippen MR) is 134 cm³/mol. The number of hydrogen-bond acceptors (Lipinski definition) is 6. The number of nitrogens with zero attached hydrogens (tertiary/aromatic N) is 2. The summed E-state index contributed by atoms with van der Waals surface area (Å²) in [6.07, 6.45) is 1.07. The van der Waals surface area contributed by atoms with Crippen molar-refractivity contribution < 1.29 is 4.79 Å². The summed E-state index contributed by atoms with van der Waals surface area (Å²) >= 11 is 15.9. The quantitative estimate of drug-likeness (QED) is 0.450. The Morgan fingerprint density at radius 1 is 1.28 bits per heavy atom. The molecule has 0 saturated heterocycles. The molecule has 166 valence electrons. The Morgan fingerprint density at radius 3 is 2.59 bits per heavy atom. The highest BCUT2D eigenvalue weighted by molar-refractivity contribution is 8.01. The molecule has 2 heterocycles. The molecular weight excluding hydrogens is 481 g/mol. The Labute approximate surface area is 206 Å². The van der Waals surface area contributed by atoms with E-state index in [2.05, 4.69) is 26.8 Å². The number of thiophene rings is 1. The van der Waals surface area contributed by atoms with Crippen LogP contribution in [0.1, 0.15) is 45.1 Å². The van der Waals surface area contributed by atoms with Crippen LogP contribution in [0.2, 0.25) is 10.0 Å². The lowest BCUT2D eigenvalue weighted by Gasteiger charge is -2.43. The molecule has 0 amide bonds. The van der Waals surface area contributed by atoms with Crippen molar-refractivity contribution in [2.24, 2.45) is 11.1 Å². The Balaban J connectivity index is 2.01. The largest absolute Gasteiger partial charge is 0.384 e. The third kappa shape index (κ3) is 4.08. The van der Waals surface area contributed by atoms with E-state index >= 15 is 0 Å². The molecule has 0 unspecified atom stereocenters. The average molecular weight is 505 g/mol. The van der Waals surface area contributed by atoms with E-state index < -0.39 is 5.92 Å². The average Bonchev–Trinajstić information content (AvgIpc) is 3.13. The van der Waals surface area contributed by atoms with Crippen LogP contribution in [0, 0.1) is 16.7 Å². The molecule has 8 heteroatoms. The van der Waals surface area contributed by atoms with Crippen molar-refractivity contribution >= 4 is 57.8 Å². The zero-order valence-corrected chi connectivity index (χ0v) is 21.2. The van der Waals surface area contributed by atoms with E-state index in [0.717, 1.165) is 21.2 Å². The van der Waals surface area contributed by atoms with Gasteiger partial charge in [-0.1, -0.05) is 44.0 Å². The van der Waals surface area contributed by atoms with Crippen LogP contribution in [0.4, 0.5) is 5.69 Å².